The standard InChI is InChI=1S/C15H16ClNO3/c1-19-15(18)8-9-20-17-14-5-3-2-4-11-10-12(16)6-7-13(11)14/h6-10H,2-5H2,1H3. The third-order valence-corrected chi connectivity index (χ3v) is 3.35. The van der Waals surface area contributed by atoms with Gasteiger partial charge in [-0.2, -0.15) is 0 Å². The summed E-state index contributed by atoms with van der Waals surface area (Å²) in [5.41, 5.74) is 3.14. The Balaban J connectivity index is 2.15. The van der Waals surface area contributed by atoms with Crippen LogP contribution in [0.15, 0.2) is 35.7 Å². The second-order valence-corrected chi connectivity index (χ2v) is 4.91. The number of methoxy groups -OCH3 is 1. The molecule has 0 amide bonds. The number of fused-ring (bicyclic) bond motifs is 1. The van der Waals surface area contributed by atoms with Gasteiger partial charge in [0.15, 0.2) is 0 Å². The quantitative estimate of drug-likeness (QED) is 0.282. The number of hydrogen-bond acceptors (Lipinski definition) is 4. The van der Waals surface area contributed by atoms with E-state index in [0.717, 1.165) is 42.0 Å². The van der Waals surface area contributed by atoms with E-state index in [9.17, 15) is 4.79 Å². The molecule has 0 radical (unpaired) electrons. The summed E-state index contributed by atoms with van der Waals surface area (Å²) in [6.07, 6.45) is 6.40. The number of carbonyl (C=O) groups is 1. The van der Waals surface area contributed by atoms with Crippen molar-refractivity contribution in [3.63, 3.8) is 0 Å². The van der Waals surface area contributed by atoms with Gasteiger partial charge in [-0.3, -0.25) is 0 Å². The number of nitrogens with zero attached hydrogens (tertiary/aromatic N) is 1. The maximum Gasteiger partial charge on any atom is 0.333 e. The Morgan fingerprint density at radius 1 is 1.35 bits per heavy atom. The Hall–Kier alpha value is -1.81. The highest BCUT2D eigenvalue weighted by atomic mass is 35.5. The summed E-state index contributed by atoms with van der Waals surface area (Å²) in [4.78, 5) is 16.0. The SMILES string of the molecule is COC(=O)C=CON=C1CCCCc2cc(Cl)ccc21. The van der Waals surface area contributed by atoms with E-state index in [4.69, 9.17) is 16.4 Å². The minimum Gasteiger partial charge on any atom is -0.466 e. The van der Waals surface area contributed by atoms with Crippen LogP contribution < -0.4 is 0 Å². The molecule has 4 nitrogen and oxygen atoms in total. The summed E-state index contributed by atoms with van der Waals surface area (Å²) < 4.78 is 4.46. The van der Waals surface area contributed by atoms with Crippen molar-refractivity contribution < 1.29 is 14.4 Å². The fourth-order valence-corrected chi connectivity index (χ4v) is 2.33. The lowest BCUT2D eigenvalue weighted by molar-refractivity contribution is -0.134. The van der Waals surface area contributed by atoms with Gasteiger partial charge < -0.3 is 9.57 Å². The van der Waals surface area contributed by atoms with Crippen LogP contribution >= 0.6 is 11.6 Å². The van der Waals surface area contributed by atoms with E-state index in [0.29, 0.717) is 0 Å². The van der Waals surface area contributed by atoms with Gasteiger partial charge in [0.05, 0.1) is 18.9 Å². The molecular formula is C15H16ClNO3. The number of esters is 1. The number of aryl methyl sites for hydroxylation is 1. The average Bonchev–Trinajstić information content (AvgIpc) is 2.65. The van der Waals surface area contributed by atoms with Crippen LogP contribution in [0.2, 0.25) is 5.02 Å². The first-order chi connectivity index (χ1) is 9.70. The maximum absolute atomic E-state index is 10.9. The van der Waals surface area contributed by atoms with Crippen LogP contribution in [0.25, 0.3) is 0 Å². The molecule has 5 heteroatoms. The molecular weight excluding hydrogens is 278 g/mol. The maximum atomic E-state index is 10.9. The normalized spacial score (nSPS) is 16.8. The summed E-state index contributed by atoms with van der Waals surface area (Å²) >= 11 is 6.02. The van der Waals surface area contributed by atoms with Gasteiger partial charge in [-0.25, -0.2) is 4.79 Å². The van der Waals surface area contributed by atoms with Crippen LogP contribution in [0.5, 0.6) is 0 Å². The topological polar surface area (TPSA) is 47.9 Å². The molecule has 0 aliphatic heterocycles. The molecule has 0 heterocycles. The highest BCUT2D eigenvalue weighted by Crippen LogP contribution is 2.24. The van der Waals surface area contributed by atoms with Crippen LogP contribution in [0.1, 0.15) is 30.4 Å². The summed E-state index contributed by atoms with van der Waals surface area (Å²) in [6, 6.07) is 5.79. The highest BCUT2D eigenvalue weighted by Gasteiger charge is 2.14. The Kier molecular flexibility index (Phi) is 5.18. The molecule has 0 aromatic heterocycles. The van der Waals surface area contributed by atoms with Crippen LogP contribution in [0, 0.1) is 0 Å². The Morgan fingerprint density at radius 3 is 2.95 bits per heavy atom. The van der Waals surface area contributed by atoms with Crippen LogP contribution in [-0.2, 0) is 20.8 Å². The number of oxime groups is 1. The van der Waals surface area contributed by atoms with Crippen molar-refractivity contribution in [2.75, 3.05) is 7.11 Å². The molecule has 1 aromatic carbocycles. The molecule has 0 N–H and O–H groups in total. The first-order valence-corrected chi connectivity index (χ1v) is 6.84. The number of hydrogen-bond donors (Lipinski definition) is 0. The van der Waals surface area contributed by atoms with Gasteiger partial charge in [0.1, 0.15) is 6.26 Å². The summed E-state index contributed by atoms with van der Waals surface area (Å²) in [5, 5.41) is 4.83. The molecule has 0 atom stereocenters. The number of ether oxygens (including phenoxy) is 1. The molecule has 0 unspecified atom stereocenters. The molecule has 0 saturated heterocycles. The second kappa shape index (κ2) is 7.10. The van der Waals surface area contributed by atoms with E-state index < -0.39 is 5.97 Å². The van der Waals surface area contributed by atoms with E-state index in [1.54, 1.807) is 0 Å². The fraction of sp³-hybridized carbons (Fsp3) is 0.333. The average molecular weight is 294 g/mol. The number of halogens is 1. The van der Waals surface area contributed by atoms with Gasteiger partial charge in [0.2, 0.25) is 0 Å². The zero-order valence-corrected chi connectivity index (χ0v) is 12.0. The van der Waals surface area contributed by atoms with Gasteiger partial charge in [-0.15, -0.1) is 0 Å². The molecule has 2 rings (SSSR count). The predicted octanol–water partition coefficient (Wildman–Crippen LogP) is 3.47. The van der Waals surface area contributed by atoms with Gasteiger partial charge in [0.25, 0.3) is 0 Å². The molecule has 0 bridgehead atoms. The van der Waals surface area contributed by atoms with E-state index in [2.05, 4.69) is 9.89 Å². The molecule has 1 aliphatic carbocycles. The van der Waals surface area contributed by atoms with Crippen LogP contribution in [-0.4, -0.2) is 18.8 Å². The highest BCUT2D eigenvalue weighted by molar-refractivity contribution is 6.30. The fourth-order valence-electron chi connectivity index (χ4n) is 2.14. The van der Waals surface area contributed by atoms with E-state index in [1.807, 2.05) is 18.2 Å². The van der Waals surface area contributed by atoms with Gasteiger partial charge in [-0.1, -0.05) is 22.8 Å². The summed E-state index contributed by atoms with van der Waals surface area (Å²) in [6.45, 7) is 0. The predicted molar refractivity (Wildman–Crippen MR) is 77.8 cm³/mol. The number of benzene rings is 1. The van der Waals surface area contributed by atoms with Crippen LogP contribution in [0.3, 0.4) is 0 Å². The van der Waals surface area contributed by atoms with E-state index in [1.165, 1.54) is 25.0 Å². The third kappa shape index (κ3) is 3.84. The van der Waals surface area contributed by atoms with Crippen molar-refractivity contribution >= 4 is 23.3 Å². The van der Waals surface area contributed by atoms with Crippen molar-refractivity contribution in [1.29, 1.82) is 0 Å². The Morgan fingerprint density at radius 2 is 2.15 bits per heavy atom. The van der Waals surface area contributed by atoms with Crippen molar-refractivity contribution in [2.45, 2.75) is 25.7 Å². The minimum absolute atomic E-state index is 0.474. The zero-order chi connectivity index (χ0) is 14.4. The molecule has 20 heavy (non-hydrogen) atoms. The Bertz CT molecular complexity index is 552. The van der Waals surface area contributed by atoms with Gasteiger partial charge in [0, 0.05) is 10.6 Å². The lowest BCUT2D eigenvalue weighted by Crippen LogP contribution is -2.02. The monoisotopic (exact) mass is 293 g/mol. The number of rotatable bonds is 3. The van der Waals surface area contributed by atoms with E-state index in [-0.39, 0.29) is 0 Å². The molecule has 0 fully saturated rings. The minimum atomic E-state index is -0.474. The molecule has 0 spiro atoms. The van der Waals surface area contributed by atoms with Crippen LogP contribution in [0.4, 0.5) is 0 Å². The summed E-state index contributed by atoms with van der Waals surface area (Å²) in [7, 11) is 1.31. The van der Waals surface area contributed by atoms with Gasteiger partial charge in [-0.05, 0) is 43.4 Å². The van der Waals surface area contributed by atoms with Crippen molar-refractivity contribution in [3.05, 3.63) is 46.7 Å². The number of carbonyl (C=O) groups excluding carboxylic acids is 1. The third-order valence-electron chi connectivity index (χ3n) is 3.12. The van der Waals surface area contributed by atoms with E-state index >= 15 is 0 Å². The van der Waals surface area contributed by atoms with Crippen molar-refractivity contribution in [2.24, 2.45) is 5.16 Å². The lowest BCUT2D eigenvalue weighted by Gasteiger charge is -2.07. The molecule has 106 valence electrons. The molecule has 1 aliphatic rings. The first kappa shape index (κ1) is 14.6. The zero-order valence-electron chi connectivity index (χ0n) is 11.3. The van der Waals surface area contributed by atoms with Crippen molar-refractivity contribution in [1.82, 2.24) is 0 Å². The van der Waals surface area contributed by atoms with Crippen molar-refractivity contribution in [3.8, 4) is 0 Å². The first-order valence-electron chi connectivity index (χ1n) is 6.46. The smallest absolute Gasteiger partial charge is 0.333 e. The molecule has 0 saturated carbocycles. The second-order valence-electron chi connectivity index (χ2n) is 4.48. The molecule has 1 aromatic rings. The summed E-state index contributed by atoms with van der Waals surface area (Å²) in [5.74, 6) is -0.474. The lowest BCUT2D eigenvalue weighted by atomic mass is 10.0. The largest absolute Gasteiger partial charge is 0.466 e. The van der Waals surface area contributed by atoms with Gasteiger partial charge >= 0.3 is 5.97 Å². The Labute approximate surface area is 123 Å².